The first-order valence-electron chi connectivity index (χ1n) is 6.89. The first kappa shape index (κ1) is 19.7. The first-order chi connectivity index (χ1) is 10.6. The maximum absolute atomic E-state index is 11.7. The molecule has 11 heteroatoms. The minimum atomic E-state index is -1.71. The number of hydrogen-bond acceptors (Lipinski definition) is 9. The summed E-state index contributed by atoms with van der Waals surface area (Å²) in [6.07, 6.45) is -9.16. The van der Waals surface area contributed by atoms with Gasteiger partial charge in [0, 0.05) is 6.92 Å². The Bertz CT molecular complexity index is 431. The van der Waals surface area contributed by atoms with Crippen molar-refractivity contribution in [3.8, 4) is 0 Å². The van der Waals surface area contributed by atoms with Crippen molar-refractivity contribution in [2.75, 3.05) is 6.61 Å². The van der Waals surface area contributed by atoms with E-state index in [2.05, 4.69) is 5.43 Å². The van der Waals surface area contributed by atoms with Crippen molar-refractivity contribution in [1.29, 1.82) is 0 Å². The van der Waals surface area contributed by atoms with Gasteiger partial charge in [-0.25, -0.2) is 10.2 Å². The van der Waals surface area contributed by atoms with E-state index in [0.717, 1.165) is 13.8 Å². The van der Waals surface area contributed by atoms with Crippen LogP contribution in [-0.4, -0.2) is 96.9 Å². The highest BCUT2D eigenvalue weighted by molar-refractivity contribution is 5.82. The number of rotatable bonds is 6. The lowest BCUT2D eigenvalue weighted by Crippen LogP contribution is -2.68. The minimum absolute atomic E-state index is 0.541. The normalized spacial score (nSPS) is 33.8. The van der Waals surface area contributed by atoms with Crippen LogP contribution in [0.3, 0.4) is 0 Å². The highest BCUT2D eigenvalue weighted by Crippen LogP contribution is 2.20. The lowest BCUT2D eigenvalue weighted by Gasteiger charge is -2.43. The van der Waals surface area contributed by atoms with E-state index >= 15 is 0 Å². The summed E-state index contributed by atoms with van der Waals surface area (Å²) < 4.78 is 5.13. The largest absolute Gasteiger partial charge is 0.480 e. The molecule has 0 aromatic carbocycles. The summed E-state index contributed by atoms with van der Waals surface area (Å²) in [6.45, 7) is 1.50. The number of aliphatic hydroxyl groups is 5. The number of hydrogen-bond donors (Lipinski definition) is 7. The van der Waals surface area contributed by atoms with E-state index < -0.39 is 61.3 Å². The summed E-state index contributed by atoms with van der Waals surface area (Å²) >= 11 is 0. The molecule has 11 nitrogen and oxygen atoms in total. The van der Waals surface area contributed by atoms with Crippen LogP contribution in [0.15, 0.2) is 0 Å². The predicted octanol–water partition coefficient (Wildman–Crippen LogP) is -4.03. The predicted molar refractivity (Wildman–Crippen MR) is 72.5 cm³/mol. The van der Waals surface area contributed by atoms with Crippen LogP contribution in [-0.2, 0) is 14.3 Å². The summed E-state index contributed by atoms with van der Waals surface area (Å²) in [4.78, 5) is 22.9. The molecule has 7 N–H and O–H groups in total. The van der Waals surface area contributed by atoms with Gasteiger partial charge in [0.25, 0.3) is 0 Å². The van der Waals surface area contributed by atoms with Crippen molar-refractivity contribution in [2.45, 2.75) is 56.6 Å². The van der Waals surface area contributed by atoms with Gasteiger partial charge < -0.3 is 35.4 Å². The van der Waals surface area contributed by atoms with E-state index in [1.54, 1.807) is 0 Å². The van der Waals surface area contributed by atoms with Crippen LogP contribution < -0.4 is 5.43 Å². The fraction of sp³-hybridized carbons (Fsp3) is 0.833. The molecule has 1 amide bonds. The lowest BCUT2D eigenvalue weighted by molar-refractivity contribution is -0.249. The summed E-state index contributed by atoms with van der Waals surface area (Å²) in [6, 6.07) is -1.68. The van der Waals surface area contributed by atoms with Crippen LogP contribution in [0.25, 0.3) is 0 Å². The number of carboxylic acids is 1. The van der Waals surface area contributed by atoms with E-state index in [1.165, 1.54) is 0 Å². The van der Waals surface area contributed by atoms with E-state index in [0.29, 0.717) is 5.01 Å². The average Bonchev–Trinajstić information content (AvgIpc) is 2.45. The Morgan fingerprint density at radius 1 is 1.22 bits per heavy atom. The second-order valence-corrected chi connectivity index (χ2v) is 5.29. The average molecular weight is 338 g/mol. The minimum Gasteiger partial charge on any atom is -0.480 e. The molecule has 1 heterocycles. The van der Waals surface area contributed by atoms with Gasteiger partial charge in [0.05, 0.1) is 12.7 Å². The molecule has 0 aliphatic carbocycles. The molecule has 1 aliphatic heterocycles. The van der Waals surface area contributed by atoms with Gasteiger partial charge in [-0.05, 0) is 6.92 Å². The molecule has 0 aromatic heterocycles. The quantitative estimate of drug-likeness (QED) is 0.236. The van der Waals surface area contributed by atoms with Crippen molar-refractivity contribution in [3.05, 3.63) is 0 Å². The van der Waals surface area contributed by atoms with Gasteiger partial charge in [0.1, 0.15) is 24.4 Å². The van der Waals surface area contributed by atoms with Crippen LogP contribution in [0.1, 0.15) is 13.8 Å². The van der Waals surface area contributed by atoms with Crippen molar-refractivity contribution in [2.24, 2.45) is 0 Å². The molecule has 1 aliphatic rings. The molecule has 23 heavy (non-hydrogen) atoms. The molecule has 0 radical (unpaired) electrons. The van der Waals surface area contributed by atoms with E-state index in [-0.39, 0.29) is 0 Å². The molecule has 134 valence electrons. The van der Waals surface area contributed by atoms with Gasteiger partial charge in [-0.2, -0.15) is 0 Å². The monoisotopic (exact) mass is 338 g/mol. The SMILES string of the molecule is CC(=O)N(NC1O[C@H](CO)[C@@H](O)[C@H](O)[C@H]1O)[C@H](C(=O)O)[C@@H](C)O. The second kappa shape index (κ2) is 7.97. The highest BCUT2D eigenvalue weighted by Gasteiger charge is 2.45. The molecule has 1 rings (SSSR count). The third-order valence-corrected chi connectivity index (χ3v) is 3.49. The maximum Gasteiger partial charge on any atom is 0.330 e. The van der Waals surface area contributed by atoms with Gasteiger partial charge in [-0.1, -0.05) is 0 Å². The number of aliphatic hydroxyl groups excluding tert-OH is 5. The molecule has 1 unspecified atom stereocenters. The van der Waals surface area contributed by atoms with Crippen LogP contribution in [0.5, 0.6) is 0 Å². The van der Waals surface area contributed by atoms with Crippen molar-refractivity contribution in [1.82, 2.24) is 10.4 Å². The Morgan fingerprint density at radius 3 is 2.17 bits per heavy atom. The van der Waals surface area contributed by atoms with Gasteiger partial charge in [-0.3, -0.25) is 9.80 Å². The molecule has 0 aromatic rings. The van der Waals surface area contributed by atoms with Gasteiger partial charge in [0.2, 0.25) is 5.91 Å². The van der Waals surface area contributed by atoms with Crippen LogP contribution in [0.2, 0.25) is 0 Å². The Morgan fingerprint density at radius 2 is 1.78 bits per heavy atom. The molecule has 0 bridgehead atoms. The number of carbonyl (C=O) groups excluding carboxylic acids is 1. The Kier molecular flexibility index (Phi) is 6.83. The smallest absolute Gasteiger partial charge is 0.330 e. The van der Waals surface area contributed by atoms with Crippen molar-refractivity contribution < 1.29 is 45.0 Å². The maximum atomic E-state index is 11.7. The van der Waals surface area contributed by atoms with Gasteiger partial charge in [-0.15, -0.1) is 0 Å². The molecular weight excluding hydrogens is 316 g/mol. The third-order valence-electron chi connectivity index (χ3n) is 3.49. The number of carboxylic acid groups (broad SMARTS) is 1. The molecule has 1 saturated heterocycles. The number of hydrazine groups is 1. The topological polar surface area (TPSA) is 180 Å². The molecule has 7 atom stereocenters. The number of amides is 1. The lowest BCUT2D eigenvalue weighted by atomic mass is 9.98. The summed E-state index contributed by atoms with van der Waals surface area (Å²) in [5.74, 6) is -2.30. The van der Waals surface area contributed by atoms with Crippen molar-refractivity contribution in [3.63, 3.8) is 0 Å². The third kappa shape index (κ3) is 4.35. The zero-order chi connectivity index (χ0) is 17.9. The molecule has 0 saturated carbocycles. The highest BCUT2D eigenvalue weighted by atomic mass is 16.6. The van der Waals surface area contributed by atoms with Gasteiger partial charge in [0.15, 0.2) is 12.3 Å². The second-order valence-electron chi connectivity index (χ2n) is 5.29. The summed E-state index contributed by atoms with van der Waals surface area (Å²) in [5.41, 5.74) is 2.27. The number of nitrogens with zero attached hydrogens (tertiary/aromatic N) is 1. The van der Waals surface area contributed by atoms with Crippen LogP contribution in [0.4, 0.5) is 0 Å². The van der Waals surface area contributed by atoms with E-state index in [9.17, 15) is 30.0 Å². The molecular formula is C12H22N2O9. The summed E-state index contributed by atoms with van der Waals surface area (Å²) in [7, 11) is 0. The number of aliphatic carboxylic acids is 1. The van der Waals surface area contributed by atoms with Gasteiger partial charge >= 0.3 is 5.97 Å². The standard InChI is InChI=1S/C12H22N2O9/c1-4(16)7(12(21)22)14(5(2)17)13-11-10(20)9(19)8(18)6(3-15)23-11/h4,6-11,13,15-16,18-20H,3H2,1-2H3,(H,21,22)/t4-,6-,7+,8-,9+,10-,11?/m1/s1. The zero-order valence-corrected chi connectivity index (χ0v) is 12.6. The Balaban J connectivity index is 2.99. The van der Waals surface area contributed by atoms with Crippen LogP contribution >= 0.6 is 0 Å². The number of nitrogens with one attached hydrogen (secondary N) is 1. The number of carbonyl (C=O) groups is 2. The molecule has 0 spiro atoms. The fourth-order valence-electron chi connectivity index (χ4n) is 2.24. The summed E-state index contributed by atoms with van der Waals surface area (Å²) in [5, 5.41) is 57.5. The first-order valence-corrected chi connectivity index (χ1v) is 6.89. The van der Waals surface area contributed by atoms with E-state index in [4.69, 9.17) is 14.9 Å². The number of ether oxygens (including phenoxy) is 1. The van der Waals surface area contributed by atoms with E-state index in [1.807, 2.05) is 0 Å². The molecule has 1 fully saturated rings. The van der Waals surface area contributed by atoms with Crippen molar-refractivity contribution >= 4 is 11.9 Å². The fourth-order valence-corrected chi connectivity index (χ4v) is 2.24. The zero-order valence-electron chi connectivity index (χ0n) is 12.6. The Hall–Kier alpha value is -1.34. The Labute approximate surface area is 131 Å². The van der Waals surface area contributed by atoms with Crippen LogP contribution in [0, 0.1) is 0 Å².